The summed E-state index contributed by atoms with van der Waals surface area (Å²) >= 11 is 5.94. The van der Waals surface area contributed by atoms with Gasteiger partial charge in [0.1, 0.15) is 0 Å². The van der Waals surface area contributed by atoms with Crippen molar-refractivity contribution in [2.45, 2.75) is 13.0 Å². The highest BCUT2D eigenvalue weighted by molar-refractivity contribution is 6.31. The summed E-state index contributed by atoms with van der Waals surface area (Å²) < 4.78 is 0. The predicted octanol–water partition coefficient (Wildman–Crippen LogP) is 3.40. The number of halogens is 1. The van der Waals surface area contributed by atoms with Crippen LogP contribution in [0.3, 0.4) is 0 Å². The standard InChI is InChI=1S/C9H11ClN/c1-7(11-2)8-5-3-4-6-9(8)10/h3-7H,1-2H3/q-1. The van der Waals surface area contributed by atoms with Gasteiger partial charge in [0.15, 0.2) is 0 Å². The highest BCUT2D eigenvalue weighted by Gasteiger charge is 1.97. The van der Waals surface area contributed by atoms with E-state index < -0.39 is 0 Å². The Balaban J connectivity index is 2.93. The number of benzene rings is 1. The van der Waals surface area contributed by atoms with Crippen molar-refractivity contribution in [3.63, 3.8) is 0 Å². The van der Waals surface area contributed by atoms with E-state index in [1.165, 1.54) is 0 Å². The lowest BCUT2D eigenvalue weighted by atomic mass is 10.1. The van der Waals surface area contributed by atoms with Gasteiger partial charge < -0.3 is 5.32 Å². The molecule has 0 aliphatic carbocycles. The number of hydrogen-bond acceptors (Lipinski definition) is 0. The minimum absolute atomic E-state index is 0.198. The van der Waals surface area contributed by atoms with Crippen LogP contribution in [0.25, 0.3) is 5.32 Å². The van der Waals surface area contributed by atoms with Crippen molar-refractivity contribution in [1.29, 1.82) is 0 Å². The van der Waals surface area contributed by atoms with E-state index in [-0.39, 0.29) is 6.04 Å². The summed E-state index contributed by atoms with van der Waals surface area (Å²) in [5.74, 6) is 0. The average Bonchev–Trinajstić information content (AvgIpc) is 2.04. The molecule has 2 heteroatoms. The van der Waals surface area contributed by atoms with Gasteiger partial charge in [-0.2, -0.15) is 7.05 Å². The van der Waals surface area contributed by atoms with Crippen molar-refractivity contribution in [3.8, 4) is 0 Å². The van der Waals surface area contributed by atoms with E-state index in [4.69, 9.17) is 11.6 Å². The van der Waals surface area contributed by atoms with Crippen LogP contribution >= 0.6 is 11.6 Å². The van der Waals surface area contributed by atoms with Crippen LogP contribution in [0.2, 0.25) is 5.02 Å². The number of hydrogen-bond donors (Lipinski definition) is 0. The van der Waals surface area contributed by atoms with Gasteiger partial charge in [0.25, 0.3) is 0 Å². The Kier molecular flexibility index (Phi) is 2.92. The summed E-state index contributed by atoms with van der Waals surface area (Å²) in [6.45, 7) is 2.03. The van der Waals surface area contributed by atoms with Gasteiger partial charge in [-0.25, -0.2) is 0 Å². The van der Waals surface area contributed by atoms with E-state index in [0.29, 0.717) is 0 Å². The van der Waals surface area contributed by atoms with Crippen molar-refractivity contribution in [2.24, 2.45) is 0 Å². The van der Waals surface area contributed by atoms with Gasteiger partial charge in [-0.15, -0.1) is 6.04 Å². The van der Waals surface area contributed by atoms with E-state index in [0.717, 1.165) is 10.6 Å². The second kappa shape index (κ2) is 3.74. The van der Waals surface area contributed by atoms with Gasteiger partial charge in [-0.05, 0) is 11.6 Å². The van der Waals surface area contributed by atoms with Crippen molar-refractivity contribution < 1.29 is 0 Å². The maximum absolute atomic E-state index is 5.94. The fourth-order valence-electron chi connectivity index (χ4n) is 0.953. The summed E-state index contributed by atoms with van der Waals surface area (Å²) in [6.07, 6.45) is 0. The van der Waals surface area contributed by atoms with Gasteiger partial charge in [0, 0.05) is 5.02 Å². The van der Waals surface area contributed by atoms with Gasteiger partial charge in [-0.1, -0.05) is 36.7 Å². The third-order valence-electron chi connectivity index (χ3n) is 1.74. The Hall–Kier alpha value is -0.530. The van der Waals surface area contributed by atoms with Crippen LogP contribution in [-0.2, 0) is 0 Å². The Labute approximate surface area is 72.4 Å². The first-order valence-corrected chi connectivity index (χ1v) is 3.97. The van der Waals surface area contributed by atoms with Crippen molar-refractivity contribution in [1.82, 2.24) is 0 Å². The van der Waals surface area contributed by atoms with Crippen LogP contribution in [0.4, 0.5) is 0 Å². The molecule has 0 radical (unpaired) electrons. The van der Waals surface area contributed by atoms with E-state index in [1.807, 2.05) is 31.2 Å². The molecule has 0 saturated heterocycles. The Morgan fingerprint density at radius 1 is 1.36 bits per heavy atom. The van der Waals surface area contributed by atoms with Crippen LogP contribution in [0.15, 0.2) is 24.3 Å². The van der Waals surface area contributed by atoms with Crippen LogP contribution in [0.5, 0.6) is 0 Å². The second-order valence-electron chi connectivity index (χ2n) is 2.46. The van der Waals surface area contributed by atoms with E-state index in [2.05, 4.69) is 5.32 Å². The highest BCUT2D eigenvalue weighted by atomic mass is 35.5. The molecule has 1 unspecified atom stereocenters. The zero-order valence-electron chi connectivity index (χ0n) is 6.71. The lowest BCUT2D eigenvalue weighted by molar-refractivity contribution is 0.916. The zero-order valence-corrected chi connectivity index (χ0v) is 7.47. The molecule has 0 spiro atoms. The topological polar surface area (TPSA) is 14.1 Å². The normalized spacial score (nSPS) is 13.0. The largest absolute Gasteiger partial charge is 0.659 e. The number of rotatable bonds is 2. The maximum atomic E-state index is 5.94. The molecule has 0 aliphatic heterocycles. The van der Waals surface area contributed by atoms with Crippen LogP contribution < -0.4 is 0 Å². The predicted molar refractivity (Wildman–Crippen MR) is 49.2 cm³/mol. The SMILES string of the molecule is C[N-]C(C)c1ccccc1Cl. The summed E-state index contributed by atoms with van der Waals surface area (Å²) in [5.41, 5.74) is 1.09. The molecule has 0 amide bonds. The maximum Gasteiger partial charge on any atom is 0.0423 e. The van der Waals surface area contributed by atoms with Gasteiger partial charge in [0.05, 0.1) is 0 Å². The number of nitrogens with zero attached hydrogens (tertiary/aromatic N) is 1. The van der Waals surface area contributed by atoms with E-state index >= 15 is 0 Å². The van der Waals surface area contributed by atoms with E-state index in [9.17, 15) is 0 Å². The smallest absolute Gasteiger partial charge is 0.0423 e. The molecule has 1 atom stereocenters. The highest BCUT2D eigenvalue weighted by Crippen LogP contribution is 2.26. The molecule has 0 bridgehead atoms. The van der Waals surface area contributed by atoms with Crippen LogP contribution in [0, 0.1) is 0 Å². The van der Waals surface area contributed by atoms with Crippen LogP contribution in [0.1, 0.15) is 18.5 Å². The molecule has 11 heavy (non-hydrogen) atoms. The first-order valence-electron chi connectivity index (χ1n) is 3.59. The molecule has 0 heterocycles. The summed E-state index contributed by atoms with van der Waals surface area (Å²) in [5, 5.41) is 4.93. The lowest BCUT2D eigenvalue weighted by Gasteiger charge is -2.24. The second-order valence-corrected chi connectivity index (χ2v) is 2.86. The molecule has 0 fully saturated rings. The van der Waals surface area contributed by atoms with Gasteiger partial charge >= 0.3 is 0 Å². The average molecular weight is 169 g/mol. The third kappa shape index (κ3) is 1.95. The molecular formula is C9H11ClN-. The molecule has 1 aromatic rings. The lowest BCUT2D eigenvalue weighted by Crippen LogP contribution is -1.90. The molecule has 0 aliphatic rings. The van der Waals surface area contributed by atoms with Crippen LogP contribution in [-0.4, -0.2) is 7.05 Å². The van der Waals surface area contributed by atoms with Crippen molar-refractivity contribution >= 4 is 11.6 Å². The Bertz CT molecular complexity index is 235. The Morgan fingerprint density at radius 2 is 2.00 bits per heavy atom. The molecular weight excluding hydrogens is 158 g/mol. The molecule has 1 rings (SSSR count). The first-order chi connectivity index (χ1) is 5.25. The third-order valence-corrected chi connectivity index (χ3v) is 2.09. The fraction of sp³-hybridized carbons (Fsp3) is 0.333. The summed E-state index contributed by atoms with van der Waals surface area (Å²) in [4.78, 5) is 0. The fourth-order valence-corrected chi connectivity index (χ4v) is 1.25. The summed E-state index contributed by atoms with van der Waals surface area (Å²) in [7, 11) is 1.80. The monoisotopic (exact) mass is 168 g/mol. The minimum Gasteiger partial charge on any atom is -0.659 e. The first kappa shape index (κ1) is 8.57. The molecule has 0 saturated carbocycles. The van der Waals surface area contributed by atoms with Crippen molar-refractivity contribution in [2.75, 3.05) is 7.05 Å². The minimum atomic E-state index is 0.198. The Morgan fingerprint density at radius 3 is 2.55 bits per heavy atom. The quantitative estimate of drug-likeness (QED) is 0.643. The molecule has 0 aromatic heterocycles. The molecule has 1 aromatic carbocycles. The summed E-state index contributed by atoms with van der Waals surface area (Å²) in [6, 6.07) is 7.99. The van der Waals surface area contributed by atoms with Gasteiger partial charge in [0.2, 0.25) is 0 Å². The molecule has 0 N–H and O–H groups in total. The zero-order chi connectivity index (χ0) is 8.27. The molecule has 60 valence electrons. The van der Waals surface area contributed by atoms with Crippen molar-refractivity contribution in [3.05, 3.63) is 40.2 Å². The van der Waals surface area contributed by atoms with E-state index in [1.54, 1.807) is 7.05 Å². The van der Waals surface area contributed by atoms with Gasteiger partial charge in [-0.3, -0.25) is 0 Å². The molecule has 1 nitrogen and oxygen atoms in total.